The van der Waals surface area contributed by atoms with Crippen molar-refractivity contribution in [2.75, 3.05) is 18.6 Å². The molecule has 1 saturated heterocycles. The zero-order valence-corrected chi connectivity index (χ0v) is 14.8. The smallest absolute Gasteiger partial charge is 0.227 e. The van der Waals surface area contributed by atoms with Crippen LogP contribution < -0.4 is 9.64 Å². The van der Waals surface area contributed by atoms with Crippen LogP contribution >= 0.6 is 0 Å². The zero-order valence-electron chi connectivity index (χ0n) is 14.8. The first kappa shape index (κ1) is 16.4. The van der Waals surface area contributed by atoms with E-state index < -0.39 is 0 Å². The minimum atomic E-state index is 0.0414. The number of ether oxygens (including phenoxy) is 1. The van der Waals surface area contributed by atoms with Crippen LogP contribution in [0.3, 0.4) is 0 Å². The van der Waals surface area contributed by atoms with Crippen molar-refractivity contribution in [3.05, 3.63) is 67.0 Å². The third-order valence-electron chi connectivity index (χ3n) is 4.86. The van der Waals surface area contributed by atoms with Gasteiger partial charge in [0.25, 0.3) is 0 Å². The SMILES string of the molecule is C=CCn1c(C2CC(=O)N(c3ccccc3OC)C2)nc2ccccc21. The molecule has 3 aromatic rings. The van der Waals surface area contributed by atoms with E-state index >= 15 is 0 Å². The molecule has 1 aromatic heterocycles. The van der Waals surface area contributed by atoms with Gasteiger partial charge < -0.3 is 14.2 Å². The van der Waals surface area contributed by atoms with Crippen LogP contribution in [0.1, 0.15) is 18.2 Å². The lowest BCUT2D eigenvalue weighted by Gasteiger charge is -2.19. The highest BCUT2D eigenvalue weighted by atomic mass is 16.5. The van der Waals surface area contributed by atoms with Crippen LogP contribution in [-0.4, -0.2) is 29.1 Å². The number of fused-ring (bicyclic) bond motifs is 1. The molecule has 0 aliphatic carbocycles. The normalized spacial score (nSPS) is 17.0. The van der Waals surface area contributed by atoms with Gasteiger partial charge >= 0.3 is 0 Å². The molecule has 0 N–H and O–H groups in total. The number of hydrogen-bond donors (Lipinski definition) is 0. The molecule has 0 radical (unpaired) electrons. The van der Waals surface area contributed by atoms with Gasteiger partial charge in [0, 0.05) is 25.4 Å². The summed E-state index contributed by atoms with van der Waals surface area (Å²) in [6.45, 7) is 5.14. The lowest BCUT2D eigenvalue weighted by atomic mass is 10.1. The first-order valence-corrected chi connectivity index (χ1v) is 8.72. The second-order valence-electron chi connectivity index (χ2n) is 6.44. The Balaban J connectivity index is 1.72. The van der Waals surface area contributed by atoms with Gasteiger partial charge in [-0.2, -0.15) is 0 Å². The topological polar surface area (TPSA) is 47.4 Å². The van der Waals surface area contributed by atoms with Gasteiger partial charge in [-0.15, -0.1) is 6.58 Å². The molecule has 1 fully saturated rings. The number of imidazole rings is 1. The second-order valence-corrected chi connectivity index (χ2v) is 6.44. The summed E-state index contributed by atoms with van der Waals surface area (Å²) in [5.41, 5.74) is 2.84. The average Bonchev–Trinajstić information content (AvgIpc) is 3.23. The number of allylic oxidation sites excluding steroid dienone is 1. The molecule has 1 amide bonds. The minimum absolute atomic E-state index is 0.0414. The molecule has 26 heavy (non-hydrogen) atoms. The van der Waals surface area contributed by atoms with Gasteiger partial charge in [-0.3, -0.25) is 4.79 Å². The van der Waals surface area contributed by atoms with Crippen LogP contribution in [0.5, 0.6) is 5.75 Å². The van der Waals surface area contributed by atoms with Crippen molar-refractivity contribution in [2.45, 2.75) is 18.9 Å². The Morgan fingerprint density at radius 3 is 2.81 bits per heavy atom. The van der Waals surface area contributed by atoms with Crippen molar-refractivity contribution < 1.29 is 9.53 Å². The van der Waals surface area contributed by atoms with E-state index in [0.29, 0.717) is 25.3 Å². The molecule has 1 aliphatic heterocycles. The molecule has 1 unspecified atom stereocenters. The fourth-order valence-corrected chi connectivity index (χ4v) is 3.69. The summed E-state index contributed by atoms with van der Waals surface area (Å²) in [7, 11) is 1.63. The maximum Gasteiger partial charge on any atom is 0.227 e. The van der Waals surface area contributed by atoms with Crippen molar-refractivity contribution in [3.8, 4) is 5.75 Å². The van der Waals surface area contributed by atoms with Crippen LogP contribution in [0.2, 0.25) is 0 Å². The Morgan fingerprint density at radius 1 is 1.23 bits per heavy atom. The third-order valence-corrected chi connectivity index (χ3v) is 4.86. The van der Waals surface area contributed by atoms with Crippen LogP contribution in [0.15, 0.2) is 61.2 Å². The fraction of sp³-hybridized carbons (Fsp3) is 0.238. The van der Waals surface area contributed by atoms with Gasteiger partial charge in [-0.05, 0) is 24.3 Å². The molecule has 1 aliphatic rings. The quantitative estimate of drug-likeness (QED) is 0.661. The summed E-state index contributed by atoms with van der Waals surface area (Å²) in [6, 6.07) is 15.7. The highest BCUT2D eigenvalue weighted by Crippen LogP contribution is 2.36. The molecule has 0 bridgehead atoms. The first-order valence-electron chi connectivity index (χ1n) is 8.72. The number of hydrogen-bond acceptors (Lipinski definition) is 3. The minimum Gasteiger partial charge on any atom is -0.495 e. The number of carbonyl (C=O) groups excluding carboxylic acids is 1. The van der Waals surface area contributed by atoms with E-state index in [0.717, 1.165) is 22.5 Å². The molecular weight excluding hydrogens is 326 g/mol. The van der Waals surface area contributed by atoms with E-state index in [1.165, 1.54) is 0 Å². The van der Waals surface area contributed by atoms with Crippen molar-refractivity contribution in [1.29, 1.82) is 0 Å². The molecule has 2 heterocycles. The molecule has 5 nitrogen and oxygen atoms in total. The van der Waals surface area contributed by atoms with Gasteiger partial charge in [0.1, 0.15) is 11.6 Å². The van der Waals surface area contributed by atoms with Crippen molar-refractivity contribution >= 4 is 22.6 Å². The summed E-state index contributed by atoms with van der Waals surface area (Å²) < 4.78 is 7.59. The van der Waals surface area contributed by atoms with Gasteiger partial charge in [0.05, 0.1) is 23.8 Å². The lowest BCUT2D eigenvalue weighted by Crippen LogP contribution is -2.25. The van der Waals surface area contributed by atoms with E-state index in [9.17, 15) is 4.79 Å². The maximum absolute atomic E-state index is 12.7. The van der Waals surface area contributed by atoms with Crippen molar-refractivity contribution in [1.82, 2.24) is 9.55 Å². The summed E-state index contributed by atoms with van der Waals surface area (Å²) in [5.74, 6) is 1.79. The number of rotatable bonds is 5. The van der Waals surface area contributed by atoms with Crippen LogP contribution in [0, 0.1) is 0 Å². The van der Waals surface area contributed by atoms with E-state index in [-0.39, 0.29) is 11.8 Å². The number of anilines is 1. The summed E-state index contributed by atoms with van der Waals surface area (Å²) in [5, 5.41) is 0. The Kier molecular flexibility index (Phi) is 4.21. The number of amides is 1. The molecular formula is C21H21N3O2. The van der Waals surface area contributed by atoms with Crippen LogP contribution in [0.4, 0.5) is 5.69 Å². The monoisotopic (exact) mass is 347 g/mol. The molecule has 5 heteroatoms. The number of nitrogens with zero attached hydrogens (tertiary/aromatic N) is 3. The molecule has 1 atom stereocenters. The van der Waals surface area contributed by atoms with Crippen molar-refractivity contribution in [2.24, 2.45) is 0 Å². The van der Waals surface area contributed by atoms with E-state index in [1.807, 2.05) is 48.5 Å². The molecule has 4 rings (SSSR count). The van der Waals surface area contributed by atoms with Gasteiger partial charge in [0.2, 0.25) is 5.91 Å². The zero-order chi connectivity index (χ0) is 18.1. The van der Waals surface area contributed by atoms with Crippen LogP contribution in [0.25, 0.3) is 11.0 Å². The molecule has 2 aromatic carbocycles. The van der Waals surface area contributed by atoms with E-state index in [4.69, 9.17) is 9.72 Å². The summed E-state index contributed by atoms with van der Waals surface area (Å²) >= 11 is 0. The molecule has 0 saturated carbocycles. The van der Waals surface area contributed by atoms with E-state index in [2.05, 4.69) is 17.2 Å². The standard InChI is InChI=1S/C21H21N3O2/c1-3-12-23-17-9-5-4-8-16(17)22-21(23)15-13-20(25)24(14-15)18-10-6-7-11-19(18)26-2/h3-11,15H,1,12-14H2,2H3. The second kappa shape index (κ2) is 6.67. The fourth-order valence-electron chi connectivity index (χ4n) is 3.69. The van der Waals surface area contributed by atoms with E-state index in [1.54, 1.807) is 12.0 Å². The van der Waals surface area contributed by atoms with Gasteiger partial charge in [-0.25, -0.2) is 4.98 Å². The van der Waals surface area contributed by atoms with Crippen molar-refractivity contribution in [3.63, 3.8) is 0 Å². The lowest BCUT2D eigenvalue weighted by molar-refractivity contribution is -0.117. The predicted octanol–water partition coefficient (Wildman–Crippen LogP) is 3.75. The molecule has 132 valence electrons. The predicted molar refractivity (Wildman–Crippen MR) is 103 cm³/mol. The highest BCUT2D eigenvalue weighted by Gasteiger charge is 2.35. The van der Waals surface area contributed by atoms with Crippen LogP contribution in [-0.2, 0) is 11.3 Å². The number of carbonyl (C=O) groups is 1. The summed E-state index contributed by atoms with van der Waals surface area (Å²) in [4.78, 5) is 19.4. The first-order chi connectivity index (χ1) is 12.7. The Bertz CT molecular complexity index is 976. The summed E-state index contributed by atoms with van der Waals surface area (Å²) in [6.07, 6.45) is 2.31. The van der Waals surface area contributed by atoms with Gasteiger partial charge in [-0.1, -0.05) is 30.3 Å². The van der Waals surface area contributed by atoms with Gasteiger partial charge in [0.15, 0.2) is 0 Å². The largest absolute Gasteiger partial charge is 0.495 e. The highest BCUT2D eigenvalue weighted by molar-refractivity contribution is 5.97. The average molecular weight is 347 g/mol. The number of aromatic nitrogens is 2. The maximum atomic E-state index is 12.7. The number of para-hydroxylation sites is 4. The Morgan fingerprint density at radius 2 is 2.00 bits per heavy atom. The number of benzene rings is 2. The Hall–Kier alpha value is -3.08. The Labute approximate surface area is 152 Å². The molecule has 0 spiro atoms. The number of methoxy groups -OCH3 is 1. The third kappa shape index (κ3) is 2.65.